The van der Waals surface area contributed by atoms with Crippen molar-refractivity contribution in [1.29, 1.82) is 0 Å². The molecule has 0 radical (unpaired) electrons. The first-order valence-electron chi connectivity index (χ1n) is 5.30. The fourth-order valence-electron chi connectivity index (χ4n) is 1.27. The van der Waals surface area contributed by atoms with Crippen molar-refractivity contribution in [3.63, 3.8) is 0 Å². The monoisotopic (exact) mass is 326 g/mol. The molecule has 1 N–H and O–H groups in total. The molecule has 2 aromatic rings. The van der Waals surface area contributed by atoms with Crippen molar-refractivity contribution < 1.29 is 19.0 Å². The standard InChI is InChI=1S/C8H6BrFO2.C6H6O/c1-12-8-3-5(9)2-7(10)6(8)4-11;7-6-4-2-1-3-5-6/h2-4H,1H3;1-5,7H. The lowest BCUT2D eigenvalue weighted by atomic mass is 10.2. The molecule has 2 aromatic carbocycles. The van der Waals surface area contributed by atoms with E-state index in [0.717, 1.165) is 0 Å². The molecule has 0 bridgehead atoms. The van der Waals surface area contributed by atoms with E-state index in [1.807, 2.05) is 6.07 Å². The van der Waals surface area contributed by atoms with Gasteiger partial charge in [0.2, 0.25) is 0 Å². The number of methoxy groups -OCH3 is 1. The summed E-state index contributed by atoms with van der Waals surface area (Å²) in [7, 11) is 1.38. The molecular formula is C14H12BrFO3. The number of rotatable bonds is 2. The zero-order valence-corrected chi connectivity index (χ0v) is 11.7. The number of aromatic hydroxyl groups is 1. The first kappa shape index (κ1) is 15.2. The largest absolute Gasteiger partial charge is 0.508 e. The topological polar surface area (TPSA) is 46.5 Å². The summed E-state index contributed by atoms with van der Waals surface area (Å²) >= 11 is 3.08. The molecule has 0 heterocycles. The van der Waals surface area contributed by atoms with Gasteiger partial charge < -0.3 is 9.84 Å². The van der Waals surface area contributed by atoms with Crippen LogP contribution in [0.15, 0.2) is 46.9 Å². The fourth-order valence-corrected chi connectivity index (χ4v) is 1.68. The Morgan fingerprint density at radius 2 is 1.89 bits per heavy atom. The Kier molecular flexibility index (Phi) is 6.02. The van der Waals surface area contributed by atoms with Crippen LogP contribution in [-0.2, 0) is 0 Å². The Hall–Kier alpha value is -1.88. The van der Waals surface area contributed by atoms with E-state index in [1.165, 1.54) is 19.2 Å². The van der Waals surface area contributed by atoms with Gasteiger partial charge in [0.25, 0.3) is 0 Å². The van der Waals surface area contributed by atoms with E-state index in [9.17, 15) is 9.18 Å². The summed E-state index contributed by atoms with van der Waals surface area (Å²) in [5.74, 6) is -0.0319. The van der Waals surface area contributed by atoms with Crippen LogP contribution < -0.4 is 4.74 Å². The van der Waals surface area contributed by atoms with E-state index in [0.29, 0.717) is 16.5 Å². The highest BCUT2D eigenvalue weighted by molar-refractivity contribution is 9.10. The molecule has 19 heavy (non-hydrogen) atoms. The van der Waals surface area contributed by atoms with Crippen LogP contribution in [0, 0.1) is 5.82 Å². The van der Waals surface area contributed by atoms with Gasteiger partial charge in [-0.1, -0.05) is 34.1 Å². The summed E-state index contributed by atoms with van der Waals surface area (Å²) in [5, 5.41) is 8.63. The molecule has 0 fully saturated rings. The van der Waals surface area contributed by atoms with E-state index in [-0.39, 0.29) is 11.3 Å². The Labute approximate surface area is 118 Å². The second-order valence-electron chi connectivity index (χ2n) is 3.46. The Morgan fingerprint density at radius 1 is 1.26 bits per heavy atom. The minimum absolute atomic E-state index is 0.0549. The van der Waals surface area contributed by atoms with Gasteiger partial charge in [-0.2, -0.15) is 0 Å². The van der Waals surface area contributed by atoms with Gasteiger partial charge in [0, 0.05) is 4.47 Å². The second-order valence-corrected chi connectivity index (χ2v) is 4.37. The summed E-state index contributed by atoms with van der Waals surface area (Å²) in [6.45, 7) is 0. The Morgan fingerprint density at radius 3 is 2.32 bits per heavy atom. The molecule has 0 saturated heterocycles. The average Bonchev–Trinajstić information content (AvgIpc) is 2.39. The molecule has 0 aliphatic carbocycles. The van der Waals surface area contributed by atoms with E-state index in [4.69, 9.17) is 9.84 Å². The number of hydrogen-bond acceptors (Lipinski definition) is 3. The van der Waals surface area contributed by atoms with Crippen LogP contribution in [-0.4, -0.2) is 18.5 Å². The number of hydrogen-bond donors (Lipinski definition) is 1. The van der Waals surface area contributed by atoms with Crippen LogP contribution in [0.3, 0.4) is 0 Å². The third kappa shape index (κ3) is 4.71. The molecule has 0 unspecified atom stereocenters. The van der Waals surface area contributed by atoms with E-state index in [1.54, 1.807) is 24.3 Å². The van der Waals surface area contributed by atoms with E-state index < -0.39 is 5.82 Å². The molecule has 0 aliphatic rings. The SMILES string of the molecule is COc1cc(Br)cc(F)c1C=O.Oc1ccccc1. The van der Waals surface area contributed by atoms with Crippen molar-refractivity contribution in [2.75, 3.05) is 7.11 Å². The summed E-state index contributed by atoms with van der Waals surface area (Å²) in [6.07, 6.45) is 0.431. The van der Waals surface area contributed by atoms with Crippen LogP contribution >= 0.6 is 15.9 Å². The minimum Gasteiger partial charge on any atom is -0.508 e. The number of carbonyl (C=O) groups excluding carboxylic acids is 1. The molecule has 0 amide bonds. The molecule has 5 heteroatoms. The third-order valence-corrected chi connectivity index (χ3v) is 2.61. The number of ether oxygens (including phenoxy) is 1. The molecule has 0 spiro atoms. The van der Waals surface area contributed by atoms with Gasteiger partial charge in [-0.3, -0.25) is 4.79 Å². The lowest BCUT2D eigenvalue weighted by Gasteiger charge is -2.04. The fraction of sp³-hybridized carbons (Fsp3) is 0.0714. The third-order valence-electron chi connectivity index (χ3n) is 2.15. The smallest absolute Gasteiger partial charge is 0.156 e. The Balaban J connectivity index is 0.000000218. The number of halogens is 2. The van der Waals surface area contributed by atoms with E-state index in [2.05, 4.69) is 15.9 Å². The lowest BCUT2D eigenvalue weighted by Crippen LogP contribution is -1.94. The minimum atomic E-state index is -0.587. The van der Waals surface area contributed by atoms with Gasteiger partial charge >= 0.3 is 0 Å². The summed E-state index contributed by atoms with van der Waals surface area (Å²) < 4.78 is 18.3. The maximum absolute atomic E-state index is 13.0. The van der Waals surface area contributed by atoms with Crippen LogP contribution in [0.2, 0.25) is 0 Å². The predicted molar refractivity (Wildman–Crippen MR) is 74.1 cm³/mol. The molecule has 2 rings (SSSR count). The summed E-state index contributed by atoms with van der Waals surface area (Å²) in [4.78, 5) is 10.4. The van der Waals surface area contributed by atoms with Gasteiger partial charge in [-0.15, -0.1) is 0 Å². The van der Waals surface area contributed by atoms with Crippen molar-refractivity contribution in [1.82, 2.24) is 0 Å². The molecular weight excluding hydrogens is 315 g/mol. The molecule has 0 aliphatic heterocycles. The molecule has 0 aromatic heterocycles. The normalized spacial score (nSPS) is 9.21. The van der Waals surface area contributed by atoms with Crippen LogP contribution in [0.1, 0.15) is 10.4 Å². The number of para-hydroxylation sites is 1. The number of carbonyl (C=O) groups is 1. The highest BCUT2D eigenvalue weighted by atomic mass is 79.9. The van der Waals surface area contributed by atoms with Crippen molar-refractivity contribution in [2.24, 2.45) is 0 Å². The van der Waals surface area contributed by atoms with Gasteiger partial charge in [0.1, 0.15) is 17.3 Å². The number of benzene rings is 2. The molecule has 0 saturated carbocycles. The quantitative estimate of drug-likeness (QED) is 0.854. The van der Waals surface area contributed by atoms with Crippen molar-refractivity contribution in [3.05, 3.63) is 58.3 Å². The van der Waals surface area contributed by atoms with Gasteiger partial charge in [-0.25, -0.2) is 4.39 Å². The van der Waals surface area contributed by atoms with Crippen molar-refractivity contribution in [2.45, 2.75) is 0 Å². The number of phenols is 1. The molecule has 0 atom stereocenters. The van der Waals surface area contributed by atoms with Gasteiger partial charge in [0.05, 0.1) is 12.7 Å². The molecule has 100 valence electrons. The van der Waals surface area contributed by atoms with Crippen LogP contribution in [0.4, 0.5) is 4.39 Å². The highest BCUT2D eigenvalue weighted by Gasteiger charge is 2.09. The zero-order chi connectivity index (χ0) is 14.3. The number of aldehydes is 1. The van der Waals surface area contributed by atoms with Gasteiger partial charge in [-0.05, 0) is 24.3 Å². The first-order valence-corrected chi connectivity index (χ1v) is 6.10. The Bertz CT molecular complexity index is 544. The lowest BCUT2D eigenvalue weighted by molar-refractivity contribution is 0.111. The highest BCUT2D eigenvalue weighted by Crippen LogP contribution is 2.24. The maximum atomic E-state index is 13.0. The van der Waals surface area contributed by atoms with Crippen molar-refractivity contribution in [3.8, 4) is 11.5 Å². The van der Waals surface area contributed by atoms with Crippen LogP contribution in [0.5, 0.6) is 11.5 Å². The average molecular weight is 327 g/mol. The van der Waals surface area contributed by atoms with Gasteiger partial charge in [0.15, 0.2) is 6.29 Å². The molecule has 3 nitrogen and oxygen atoms in total. The second kappa shape index (κ2) is 7.53. The number of phenolic OH excluding ortho intramolecular Hbond substituents is 1. The maximum Gasteiger partial charge on any atom is 0.156 e. The van der Waals surface area contributed by atoms with Crippen molar-refractivity contribution >= 4 is 22.2 Å². The van der Waals surface area contributed by atoms with Crippen LogP contribution in [0.25, 0.3) is 0 Å². The predicted octanol–water partition coefficient (Wildman–Crippen LogP) is 3.80. The zero-order valence-electron chi connectivity index (χ0n) is 10.1. The summed E-state index contributed by atoms with van der Waals surface area (Å²) in [5.41, 5.74) is -0.0549. The summed E-state index contributed by atoms with van der Waals surface area (Å²) in [6, 6.07) is 11.5. The first-order chi connectivity index (χ1) is 9.08. The van der Waals surface area contributed by atoms with E-state index >= 15 is 0 Å².